The molecule has 0 aromatic rings. The molecule has 2 rings (SSSR count). The summed E-state index contributed by atoms with van der Waals surface area (Å²) in [5.41, 5.74) is -0.267. The van der Waals surface area contributed by atoms with Crippen molar-refractivity contribution in [1.82, 2.24) is 15.5 Å². The lowest BCUT2D eigenvalue weighted by Crippen LogP contribution is -2.55. The highest BCUT2D eigenvalue weighted by Crippen LogP contribution is 2.29. The first-order chi connectivity index (χ1) is 9.01. The van der Waals surface area contributed by atoms with Crippen molar-refractivity contribution in [3.05, 3.63) is 0 Å². The van der Waals surface area contributed by atoms with E-state index in [9.17, 15) is 9.59 Å². The minimum Gasteiger partial charge on any atom is -0.352 e. The van der Waals surface area contributed by atoms with Crippen molar-refractivity contribution in [3.8, 4) is 0 Å². The van der Waals surface area contributed by atoms with Crippen LogP contribution >= 0.6 is 0 Å². The molecule has 5 heteroatoms. The van der Waals surface area contributed by atoms with E-state index < -0.39 is 0 Å². The predicted molar refractivity (Wildman–Crippen MR) is 73.6 cm³/mol. The van der Waals surface area contributed by atoms with Gasteiger partial charge in [0.1, 0.15) is 0 Å². The van der Waals surface area contributed by atoms with Crippen LogP contribution in [0.15, 0.2) is 0 Å². The summed E-state index contributed by atoms with van der Waals surface area (Å²) in [5, 5.41) is 6.26. The molecule has 0 aliphatic carbocycles. The fourth-order valence-electron chi connectivity index (χ4n) is 3.19. The van der Waals surface area contributed by atoms with E-state index in [1.54, 1.807) is 0 Å². The molecule has 0 aromatic heterocycles. The van der Waals surface area contributed by atoms with Gasteiger partial charge in [0.15, 0.2) is 0 Å². The third-order valence-electron chi connectivity index (χ3n) is 4.23. The zero-order chi connectivity index (χ0) is 13.9. The maximum atomic E-state index is 12.7. The zero-order valence-electron chi connectivity index (χ0n) is 12.0. The van der Waals surface area contributed by atoms with Crippen molar-refractivity contribution < 1.29 is 9.59 Å². The zero-order valence-corrected chi connectivity index (χ0v) is 12.0. The smallest absolute Gasteiger partial charge is 0.229 e. The molecule has 2 fully saturated rings. The van der Waals surface area contributed by atoms with Crippen LogP contribution in [-0.2, 0) is 9.59 Å². The van der Waals surface area contributed by atoms with Crippen LogP contribution in [0.5, 0.6) is 0 Å². The van der Waals surface area contributed by atoms with Crippen LogP contribution in [0.3, 0.4) is 0 Å². The van der Waals surface area contributed by atoms with Gasteiger partial charge in [0.25, 0.3) is 0 Å². The van der Waals surface area contributed by atoms with Gasteiger partial charge in [-0.3, -0.25) is 9.59 Å². The van der Waals surface area contributed by atoms with E-state index in [1.165, 1.54) is 6.92 Å². The topological polar surface area (TPSA) is 61.4 Å². The first kappa shape index (κ1) is 14.3. The second-order valence-electron chi connectivity index (χ2n) is 6.13. The molecule has 0 radical (unpaired) electrons. The lowest BCUT2D eigenvalue weighted by atomic mass is 9.81. The van der Waals surface area contributed by atoms with Gasteiger partial charge in [0.05, 0.1) is 5.41 Å². The number of rotatable bonds is 2. The lowest BCUT2D eigenvalue weighted by Gasteiger charge is -2.41. The summed E-state index contributed by atoms with van der Waals surface area (Å²) in [6.45, 7) is 6.86. The molecular formula is C14H25N3O2. The normalized spacial score (nSPS) is 31.9. The standard InChI is InChI=1S/C14H25N3O2/c1-11(18)16-12-5-3-8-17(9-12)13(19)14(2)6-4-7-15-10-14/h12,15H,3-10H2,1-2H3,(H,16,18)/t12-,14-/m0/s1. The van der Waals surface area contributed by atoms with E-state index in [0.717, 1.165) is 45.3 Å². The quantitative estimate of drug-likeness (QED) is 0.766. The average Bonchev–Trinajstić information content (AvgIpc) is 2.38. The van der Waals surface area contributed by atoms with E-state index in [2.05, 4.69) is 17.6 Å². The molecular weight excluding hydrogens is 242 g/mol. The Morgan fingerprint density at radius 2 is 2.16 bits per heavy atom. The van der Waals surface area contributed by atoms with Crippen LogP contribution in [0, 0.1) is 5.41 Å². The Balaban J connectivity index is 1.96. The summed E-state index contributed by atoms with van der Waals surface area (Å²) in [4.78, 5) is 25.7. The Labute approximate surface area is 115 Å². The number of amides is 2. The fraction of sp³-hybridized carbons (Fsp3) is 0.857. The van der Waals surface area contributed by atoms with Crippen molar-refractivity contribution in [2.45, 2.75) is 45.6 Å². The summed E-state index contributed by atoms with van der Waals surface area (Å²) < 4.78 is 0. The molecule has 2 aliphatic heterocycles. The number of nitrogens with zero attached hydrogens (tertiary/aromatic N) is 1. The number of hydrogen-bond donors (Lipinski definition) is 2. The van der Waals surface area contributed by atoms with Crippen LogP contribution in [0.1, 0.15) is 39.5 Å². The molecule has 19 heavy (non-hydrogen) atoms. The largest absolute Gasteiger partial charge is 0.352 e. The molecule has 2 aliphatic rings. The Morgan fingerprint density at radius 3 is 2.79 bits per heavy atom. The molecule has 2 heterocycles. The third kappa shape index (κ3) is 3.47. The summed E-state index contributed by atoms with van der Waals surface area (Å²) in [6.07, 6.45) is 3.96. The molecule has 0 unspecified atom stereocenters. The van der Waals surface area contributed by atoms with E-state index in [-0.39, 0.29) is 23.3 Å². The Kier molecular flexibility index (Phi) is 4.45. The molecule has 2 saturated heterocycles. The van der Waals surface area contributed by atoms with Gasteiger partial charge in [-0.1, -0.05) is 0 Å². The highest BCUT2D eigenvalue weighted by atomic mass is 16.2. The van der Waals surface area contributed by atoms with Gasteiger partial charge < -0.3 is 15.5 Å². The van der Waals surface area contributed by atoms with Crippen molar-refractivity contribution in [1.29, 1.82) is 0 Å². The SMILES string of the molecule is CC(=O)N[C@H]1CCCN(C(=O)[C@@]2(C)CCCNC2)C1. The number of nitrogens with one attached hydrogen (secondary N) is 2. The first-order valence-electron chi connectivity index (χ1n) is 7.28. The van der Waals surface area contributed by atoms with Crippen molar-refractivity contribution in [2.24, 2.45) is 5.41 Å². The molecule has 0 bridgehead atoms. The van der Waals surface area contributed by atoms with Crippen LogP contribution in [-0.4, -0.2) is 48.9 Å². The third-order valence-corrected chi connectivity index (χ3v) is 4.23. The van der Waals surface area contributed by atoms with Gasteiger partial charge in [-0.05, 0) is 39.2 Å². The van der Waals surface area contributed by atoms with Crippen LogP contribution in [0.2, 0.25) is 0 Å². The van der Waals surface area contributed by atoms with E-state index >= 15 is 0 Å². The van der Waals surface area contributed by atoms with Crippen LogP contribution in [0.4, 0.5) is 0 Å². The molecule has 2 amide bonds. The van der Waals surface area contributed by atoms with Crippen molar-refractivity contribution >= 4 is 11.8 Å². The first-order valence-corrected chi connectivity index (χ1v) is 7.28. The number of likely N-dealkylation sites (tertiary alicyclic amines) is 1. The summed E-state index contributed by atoms with van der Waals surface area (Å²) in [7, 11) is 0. The Hall–Kier alpha value is -1.10. The maximum Gasteiger partial charge on any atom is 0.229 e. The lowest BCUT2D eigenvalue weighted by molar-refractivity contribution is -0.144. The second kappa shape index (κ2) is 5.90. The predicted octanol–water partition coefficient (Wildman–Crippen LogP) is 0.503. The summed E-state index contributed by atoms with van der Waals surface area (Å²) in [5.74, 6) is 0.236. The monoisotopic (exact) mass is 267 g/mol. The van der Waals surface area contributed by atoms with E-state index in [4.69, 9.17) is 0 Å². The number of carbonyl (C=O) groups is 2. The summed E-state index contributed by atoms with van der Waals surface area (Å²) in [6, 6.07) is 0.121. The fourth-order valence-corrected chi connectivity index (χ4v) is 3.19. The van der Waals surface area contributed by atoms with Gasteiger partial charge in [0, 0.05) is 32.6 Å². The van der Waals surface area contributed by atoms with Gasteiger partial charge in [-0.2, -0.15) is 0 Å². The molecule has 5 nitrogen and oxygen atoms in total. The highest BCUT2D eigenvalue weighted by molar-refractivity contribution is 5.83. The Bertz CT molecular complexity index is 351. The van der Waals surface area contributed by atoms with Gasteiger partial charge in [0.2, 0.25) is 11.8 Å². The Morgan fingerprint density at radius 1 is 1.37 bits per heavy atom. The minimum atomic E-state index is -0.267. The van der Waals surface area contributed by atoms with Crippen LogP contribution in [0.25, 0.3) is 0 Å². The van der Waals surface area contributed by atoms with Crippen molar-refractivity contribution in [2.75, 3.05) is 26.2 Å². The highest BCUT2D eigenvalue weighted by Gasteiger charge is 2.39. The average molecular weight is 267 g/mol. The summed E-state index contributed by atoms with van der Waals surface area (Å²) >= 11 is 0. The van der Waals surface area contributed by atoms with Crippen LogP contribution < -0.4 is 10.6 Å². The maximum absolute atomic E-state index is 12.7. The molecule has 2 atom stereocenters. The molecule has 0 aromatic carbocycles. The number of carbonyl (C=O) groups excluding carboxylic acids is 2. The molecule has 108 valence electrons. The number of piperidine rings is 2. The van der Waals surface area contributed by atoms with Gasteiger partial charge in [-0.25, -0.2) is 0 Å². The molecule has 0 saturated carbocycles. The van der Waals surface area contributed by atoms with Crippen molar-refractivity contribution in [3.63, 3.8) is 0 Å². The minimum absolute atomic E-state index is 0.00940. The van der Waals surface area contributed by atoms with E-state index in [0.29, 0.717) is 6.54 Å². The number of hydrogen-bond acceptors (Lipinski definition) is 3. The molecule has 2 N–H and O–H groups in total. The second-order valence-corrected chi connectivity index (χ2v) is 6.13. The van der Waals surface area contributed by atoms with E-state index in [1.807, 2.05) is 4.90 Å². The molecule has 0 spiro atoms. The van der Waals surface area contributed by atoms with Gasteiger partial charge in [-0.15, -0.1) is 0 Å². The van der Waals surface area contributed by atoms with Gasteiger partial charge >= 0.3 is 0 Å².